The summed E-state index contributed by atoms with van der Waals surface area (Å²) in [6.45, 7) is 7.52. The molecule has 0 unspecified atom stereocenters. The summed E-state index contributed by atoms with van der Waals surface area (Å²) in [7, 11) is 0. The molecule has 3 heterocycles. The van der Waals surface area contributed by atoms with Gasteiger partial charge in [-0.1, -0.05) is 25.3 Å². The Hall–Kier alpha value is -1.87. The highest BCUT2D eigenvalue weighted by Crippen LogP contribution is 2.23. The molecule has 8 nitrogen and oxygen atoms in total. The van der Waals surface area contributed by atoms with Gasteiger partial charge in [0.25, 0.3) is 5.91 Å². The first kappa shape index (κ1) is 16.0. The zero-order valence-electron chi connectivity index (χ0n) is 13.4. The Morgan fingerprint density at radius 1 is 1.52 bits per heavy atom. The van der Waals surface area contributed by atoms with Crippen molar-refractivity contribution in [2.24, 2.45) is 0 Å². The van der Waals surface area contributed by atoms with Crippen molar-refractivity contribution in [3.8, 4) is 0 Å². The second kappa shape index (κ2) is 6.71. The lowest BCUT2D eigenvalue weighted by atomic mass is 10.2. The van der Waals surface area contributed by atoms with Crippen LogP contribution in [0.15, 0.2) is 0 Å². The van der Waals surface area contributed by atoms with E-state index >= 15 is 0 Å². The Morgan fingerprint density at radius 3 is 3.04 bits per heavy atom. The first-order valence-electron chi connectivity index (χ1n) is 7.74. The van der Waals surface area contributed by atoms with Gasteiger partial charge in [0.1, 0.15) is 11.0 Å². The average Bonchev–Trinajstić information content (AvgIpc) is 3.23. The van der Waals surface area contributed by atoms with Crippen molar-refractivity contribution in [3.63, 3.8) is 0 Å². The zero-order chi connectivity index (χ0) is 16.4. The van der Waals surface area contributed by atoms with Gasteiger partial charge in [-0.2, -0.15) is 5.10 Å². The van der Waals surface area contributed by atoms with E-state index in [1.165, 1.54) is 0 Å². The lowest BCUT2D eigenvalue weighted by molar-refractivity contribution is -0.0265. The molecular weight excluding hydrogens is 316 g/mol. The van der Waals surface area contributed by atoms with E-state index in [0.29, 0.717) is 36.8 Å². The van der Waals surface area contributed by atoms with Crippen molar-refractivity contribution in [2.75, 3.05) is 19.7 Å². The average molecular weight is 336 g/mol. The third kappa shape index (κ3) is 3.25. The van der Waals surface area contributed by atoms with Crippen LogP contribution in [0.1, 0.15) is 59.8 Å². The molecule has 1 fully saturated rings. The number of carbonyl (C=O) groups is 1. The summed E-state index contributed by atoms with van der Waals surface area (Å²) in [4.78, 5) is 19.6. The van der Waals surface area contributed by atoms with Gasteiger partial charge in [0.05, 0.1) is 18.8 Å². The Morgan fingerprint density at radius 2 is 2.35 bits per heavy atom. The van der Waals surface area contributed by atoms with Gasteiger partial charge in [-0.25, -0.2) is 4.98 Å². The quantitative estimate of drug-likeness (QED) is 0.910. The Bertz CT molecular complexity index is 682. The molecule has 0 saturated carbocycles. The zero-order valence-corrected chi connectivity index (χ0v) is 14.3. The van der Waals surface area contributed by atoms with Crippen LogP contribution in [0, 0.1) is 0 Å². The van der Waals surface area contributed by atoms with Gasteiger partial charge >= 0.3 is 0 Å². The van der Waals surface area contributed by atoms with E-state index < -0.39 is 0 Å². The molecule has 1 aliphatic rings. The van der Waals surface area contributed by atoms with E-state index in [1.54, 1.807) is 4.90 Å². The molecule has 2 aromatic rings. The van der Waals surface area contributed by atoms with Crippen LogP contribution in [-0.2, 0) is 11.2 Å². The SMILES string of the molecule is CCc1nnsc1C(=O)N1CCO[C@@H](c2nc(C(C)C)n[nH]2)C1. The Balaban J connectivity index is 1.74. The molecule has 0 bridgehead atoms. The fourth-order valence-electron chi connectivity index (χ4n) is 2.44. The summed E-state index contributed by atoms with van der Waals surface area (Å²) < 4.78 is 9.65. The Labute approximate surface area is 138 Å². The second-order valence-electron chi connectivity index (χ2n) is 5.75. The molecule has 0 radical (unpaired) electrons. The van der Waals surface area contributed by atoms with Crippen LogP contribution in [0.5, 0.6) is 0 Å². The molecule has 1 N–H and O–H groups in total. The van der Waals surface area contributed by atoms with Gasteiger partial charge < -0.3 is 9.64 Å². The fraction of sp³-hybridized carbons (Fsp3) is 0.643. The maximum atomic E-state index is 12.7. The van der Waals surface area contributed by atoms with Crippen LogP contribution in [0.25, 0.3) is 0 Å². The molecule has 1 atom stereocenters. The van der Waals surface area contributed by atoms with Crippen LogP contribution in [0.3, 0.4) is 0 Å². The number of ether oxygens (including phenoxy) is 1. The molecule has 1 saturated heterocycles. The van der Waals surface area contributed by atoms with Crippen LogP contribution in [0.4, 0.5) is 0 Å². The molecule has 2 aromatic heterocycles. The van der Waals surface area contributed by atoms with Gasteiger partial charge in [-0.15, -0.1) is 5.10 Å². The third-order valence-corrected chi connectivity index (χ3v) is 4.54. The van der Waals surface area contributed by atoms with Crippen molar-refractivity contribution in [1.29, 1.82) is 0 Å². The fourth-order valence-corrected chi connectivity index (χ4v) is 3.15. The molecule has 0 aliphatic carbocycles. The molecule has 3 rings (SSSR count). The van der Waals surface area contributed by atoms with Crippen molar-refractivity contribution in [3.05, 3.63) is 22.2 Å². The highest BCUT2D eigenvalue weighted by Gasteiger charge is 2.30. The molecule has 1 amide bonds. The largest absolute Gasteiger partial charge is 0.367 e. The van der Waals surface area contributed by atoms with Gasteiger partial charge in [-0.3, -0.25) is 9.89 Å². The van der Waals surface area contributed by atoms with Crippen molar-refractivity contribution < 1.29 is 9.53 Å². The van der Waals surface area contributed by atoms with E-state index in [-0.39, 0.29) is 17.9 Å². The molecule has 9 heteroatoms. The number of morpholine rings is 1. The standard InChI is InChI=1S/C14H20N6O2S/c1-4-9-11(23-19-16-9)14(21)20-5-6-22-10(7-20)13-15-12(8(2)3)17-18-13/h8,10H,4-7H2,1-3H3,(H,15,17,18)/t10-/m1/s1. The monoisotopic (exact) mass is 336 g/mol. The minimum atomic E-state index is -0.279. The van der Waals surface area contributed by atoms with Gasteiger partial charge in [0.15, 0.2) is 11.6 Å². The highest BCUT2D eigenvalue weighted by molar-refractivity contribution is 7.08. The second-order valence-corrected chi connectivity index (χ2v) is 6.50. The van der Waals surface area contributed by atoms with E-state index in [9.17, 15) is 4.79 Å². The number of H-pyrrole nitrogens is 1. The van der Waals surface area contributed by atoms with Crippen LogP contribution < -0.4 is 0 Å². The number of amides is 1. The summed E-state index contributed by atoms with van der Waals surface area (Å²) >= 11 is 1.15. The number of rotatable bonds is 4. The lowest BCUT2D eigenvalue weighted by Gasteiger charge is -2.31. The van der Waals surface area contributed by atoms with Crippen LogP contribution >= 0.6 is 11.5 Å². The van der Waals surface area contributed by atoms with Crippen LogP contribution in [0.2, 0.25) is 0 Å². The van der Waals surface area contributed by atoms with Crippen molar-refractivity contribution >= 4 is 17.4 Å². The number of aromatic nitrogens is 5. The summed E-state index contributed by atoms with van der Waals surface area (Å²) in [5.41, 5.74) is 0.754. The molecule has 1 aliphatic heterocycles. The van der Waals surface area contributed by atoms with Crippen molar-refractivity contribution in [2.45, 2.75) is 39.2 Å². The van der Waals surface area contributed by atoms with E-state index in [4.69, 9.17) is 4.74 Å². The number of hydrogen-bond donors (Lipinski definition) is 1. The molecule has 23 heavy (non-hydrogen) atoms. The number of nitrogens with zero attached hydrogens (tertiary/aromatic N) is 5. The molecular formula is C14H20N6O2S. The lowest BCUT2D eigenvalue weighted by Crippen LogP contribution is -2.42. The number of nitrogens with one attached hydrogen (secondary N) is 1. The molecule has 0 aromatic carbocycles. The molecule has 124 valence electrons. The minimum absolute atomic E-state index is 0.0336. The van der Waals surface area contributed by atoms with Crippen molar-refractivity contribution in [1.82, 2.24) is 29.7 Å². The Kier molecular flexibility index (Phi) is 4.67. The smallest absolute Gasteiger partial charge is 0.267 e. The van der Waals surface area contributed by atoms with Crippen LogP contribution in [-0.4, -0.2) is 55.3 Å². The maximum absolute atomic E-state index is 12.7. The minimum Gasteiger partial charge on any atom is -0.367 e. The van der Waals surface area contributed by atoms with Gasteiger partial charge in [0.2, 0.25) is 0 Å². The van der Waals surface area contributed by atoms with E-state index in [2.05, 4.69) is 24.8 Å². The first-order chi connectivity index (χ1) is 11.1. The topological polar surface area (TPSA) is 96.9 Å². The summed E-state index contributed by atoms with van der Waals surface area (Å²) in [6, 6.07) is 0. The van der Waals surface area contributed by atoms with E-state index in [1.807, 2.05) is 20.8 Å². The number of carbonyl (C=O) groups excluding carboxylic acids is 1. The maximum Gasteiger partial charge on any atom is 0.267 e. The normalized spacial score (nSPS) is 18.6. The van der Waals surface area contributed by atoms with E-state index in [0.717, 1.165) is 23.1 Å². The predicted molar refractivity (Wildman–Crippen MR) is 84.4 cm³/mol. The predicted octanol–water partition coefficient (Wildman–Crippen LogP) is 1.56. The number of hydrogen-bond acceptors (Lipinski definition) is 7. The number of aromatic amines is 1. The number of aryl methyl sites for hydroxylation is 1. The summed E-state index contributed by atoms with van der Waals surface area (Å²) in [6.07, 6.45) is 0.421. The van der Waals surface area contributed by atoms with Gasteiger partial charge in [0, 0.05) is 12.5 Å². The first-order valence-corrected chi connectivity index (χ1v) is 8.51. The summed E-state index contributed by atoms with van der Waals surface area (Å²) in [5, 5.41) is 11.1. The summed E-state index contributed by atoms with van der Waals surface area (Å²) in [5.74, 6) is 1.64. The molecule has 0 spiro atoms. The van der Waals surface area contributed by atoms with Gasteiger partial charge in [-0.05, 0) is 18.0 Å². The third-order valence-electron chi connectivity index (χ3n) is 3.78. The highest BCUT2D eigenvalue weighted by atomic mass is 32.1.